The number of phenols is 1. The van der Waals surface area contributed by atoms with Crippen molar-refractivity contribution >= 4 is 5.69 Å². The highest BCUT2D eigenvalue weighted by atomic mass is 19.1. The van der Waals surface area contributed by atoms with E-state index in [0.717, 1.165) is 30.8 Å². The van der Waals surface area contributed by atoms with Crippen molar-refractivity contribution in [3.63, 3.8) is 0 Å². The quantitative estimate of drug-likeness (QED) is 0.246. The molecule has 1 N–H and O–H groups in total. The second-order valence-electron chi connectivity index (χ2n) is 11.4. The smallest absolute Gasteiger partial charge is 0.165 e. The van der Waals surface area contributed by atoms with Gasteiger partial charge in [-0.1, -0.05) is 12.1 Å². The van der Waals surface area contributed by atoms with E-state index in [1.54, 1.807) is 32.4 Å². The second-order valence-corrected chi connectivity index (χ2v) is 11.4. The number of halogens is 1. The summed E-state index contributed by atoms with van der Waals surface area (Å²) in [6.07, 6.45) is 12.9. The predicted octanol–water partition coefficient (Wildman–Crippen LogP) is 7.50. The number of aromatic hydroxyl groups is 1. The summed E-state index contributed by atoms with van der Waals surface area (Å²) in [5, 5.41) is 9.19. The lowest BCUT2D eigenvalue weighted by Crippen LogP contribution is -2.40. The van der Waals surface area contributed by atoms with Crippen LogP contribution in [0.5, 0.6) is 23.0 Å². The number of fused-ring (bicyclic) bond motifs is 1. The minimum absolute atomic E-state index is 0.0551. The Morgan fingerprint density at radius 3 is 2.12 bits per heavy atom. The van der Waals surface area contributed by atoms with Gasteiger partial charge in [0.2, 0.25) is 0 Å². The van der Waals surface area contributed by atoms with Crippen LogP contribution in [0, 0.1) is 18.7 Å². The molecule has 0 spiro atoms. The summed E-state index contributed by atoms with van der Waals surface area (Å²) in [4.78, 5) is 4.33. The van der Waals surface area contributed by atoms with Gasteiger partial charge < -0.3 is 24.2 Å². The Bertz CT molecular complexity index is 1300. The monoisotopic (exact) mass is 592 g/mol. The summed E-state index contributed by atoms with van der Waals surface area (Å²) in [6, 6.07) is 16.7. The second kappa shape index (κ2) is 17.3. The molecule has 0 aliphatic heterocycles. The van der Waals surface area contributed by atoms with E-state index in [4.69, 9.17) is 14.2 Å². The molecule has 234 valence electrons. The van der Waals surface area contributed by atoms with E-state index >= 15 is 0 Å². The van der Waals surface area contributed by atoms with Crippen molar-refractivity contribution in [2.45, 2.75) is 65.5 Å². The minimum Gasteiger partial charge on any atom is -0.508 e. The molecule has 3 aromatic carbocycles. The van der Waals surface area contributed by atoms with Gasteiger partial charge in [0.05, 0.1) is 14.2 Å². The topological polar surface area (TPSA) is 54.4 Å². The number of likely N-dealkylation sites (N-methyl/N-ethyl adjacent to an activating group) is 1. The van der Waals surface area contributed by atoms with Gasteiger partial charge in [0.15, 0.2) is 23.1 Å². The average Bonchev–Trinajstić information content (AvgIpc) is 3.01. The number of hydrogen-bond acceptors (Lipinski definition) is 6. The van der Waals surface area contributed by atoms with Crippen LogP contribution in [0.3, 0.4) is 0 Å². The molecule has 0 unspecified atom stereocenters. The van der Waals surface area contributed by atoms with Crippen LogP contribution in [-0.2, 0) is 19.4 Å². The first-order chi connectivity index (χ1) is 20.5. The van der Waals surface area contributed by atoms with Gasteiger partial charge in [-0.2, -0.15) is 0 Å². The molecule has 0 amide bonds. The number of phenolic OH excluding ortho intramolecular Hbond substituents is 1. The van der Waals surface area contributed by atoms with Crippen LogP contribution in [-0.4, -0.2) is 56.5 Å². The third kappa shape index (κ3) is 10.7. The Balaban J connectivity index is 0.000000408. The van der Waals surface area contributed by atoms with E-state index in [1.165, 1.54) is 30.4 Å². The molecule has 0 saturated heterocycles. The molecule has 6 nitrogen and oxygen atoms in total. The fraction of sp³-hybridized carbons (Fsp3) is 0.444. The highest BCUT2D eigenvalue weighted by Crippen LogP contribution is 2.32. The normalized spacial score (nSPS) is 12.2. The van der Waals surface area contributed by atoms with Gasteiger partial charge >= 0.3 is 0 Å². The SMILES string of the molecule is C#C.CCN(Cc1ccc(OCCN(C)C(C)(C)C)c(F)c1)c1ccc(OC)c(OC)c1.Oc1ccc2c(c1)CCCC2. The number of anilines is 1. The van der Waals surface area contributed by atoms with Gasteiger partial charge in [0.25, 0.3) is 0 Å². The number of methoxy groups -OCH3 is 2. The van der Waals surface area contributed by atoms with Crippen molar-refractivity contribution in [2.75, 3.05) is 45.9 Å². The molecule has 4 rings (SSSR count). The number of ether oxygens (including phenoxy) is 3. The zero-order chi connectivity index (χ0) is 32.0. The molecule has 0 radical (unpaired) electrons. The summed E-state index contributed by atoms with van der Waals surface area (Å²) in [7, 11) is 5.27. The van der Waals surface area contributed by atoms with Crippen LogP contribution in [0.25, 0.3) is 0 Å². The molecule has 7 heteroatoms. The van der Waals surface area contributed by atoms with Crippen molar-refractivity contribution in [2.24, 2.45) is 0 Å². The standard InChI is InChI=1S/C24H35FN2O3.C10H12O.C2H2/c1-8-27(19-10-12-22(28-6)23(16-19)29-7)17-18-9-11-21(20(25)15-18)30-14-13-26(5)24(2,3)4;11-10-6-5-8-3-1-2-4-9(8)7-10;1-2/h9-12,15-16H,8,13-14,17H2,1-7H3;5-7,11H,1-4H2;1-2H. The van der Waals surface area contributed by atoms with E-state index in [0.29, 0.717) is 30.4 Å². The molecular weight excluding hydrogens is 543 g/mol. The van der Waals surface area contributed by atoms with Crippen molar-refractivity contribution < 1.29 is 23.7 Å². The van der Waals surface area contributed by atoms with E-state index in [-0.39, 0.29) is 17.1 Å². The average molecular weight is 593 g/mol. The first-order valence-corrected chi connectivity index (χ1v) is 14.8. The third-order valence-corrected chi connectivity index (χ3v) is 7.65. The molecule has 0 bridgehead atoms. The highest BCUT2D eigenvalue weighted by molar-refractivity contribution is 5.56. The fourth-order valence-corrected chi connectivity index (χ4v) is 4.74. The molecule has 0 aromatic heterocycles. The van der Waals surface area contributed by atoms with Gasteiger partial charge in [0, 0.05) is 36.9 Å². The summed E-state index contributed by atoms with van der Waals surface area (Å²) >= 11 is 0. The van der Waals surface area contributed by atoms with Gasteiger partial charge in [-0.05, 0) is 114 Å². The zero-order valence-corrected chi connectivity index (χ0v) is 27.0. The van der Waals surface area contributed by atoms with Crippen LogP contribution in [0.15, 0.2) is 54.6 Å². The van der Waals surface area contributed by atoms with Gasteiger partial charge in [-0.3, -0.25) is 4.90 Å². The fourth-order valence-electron chi connectivity index (χ4n) is 4.74. The number of rotatable bonds is 10. The molecule has 0 atom stereocenters. The third-order valence-electron chi connectivity index (χ3n) is 7.65. The Kier molecular flexibility index (Phi) is 14.2. The van der Waals surface area contributed by atoms with E-state index in [2.05, 4.69) is 50.3 Å². The number of hydrogen-bond donors (Lipinski definition) is 1. The van der Waals surface area contributed by atoms with Crippen LogP contribution in [0.4, 0.5) is 10.1 Å². The van der Waals surface area contributed by atoms with Crippen molar-refractivity contribution in [1.29, 1.82) is 0 Å². The number of aryl methyl sites for hydroxylation is 2. The van der Waals surface area contributed by atoms with Crippen LogP contribution < -0.4 is 19.1 Å². The lowest BCUT2D eigenvalue weighted by atomic mass is 9.92. The summed E-state index contributed by atoms with van der Waals surface area (Å²) in [5.41, 5.74) is 4.69. The minimum atomic E-state index is -0.339. The van der Waals surface area contributed by atoms with Crippen LogP contribution in [0.2, 0.25) is 0 Å². The Labute approximate surface area is 258 Å². The molecule has 3 aromatic rings. The Hall–Kier alpha value is -3.89. The first kappa shape index (κ1) is 35.3. The largest absolute Gasteiger partial charge is 0.508 e. The maximum absolute atomic E-state index is 14.6. The molecular formula is C36H49FN2O4. The lowest BCUT2D eigenvalue weighted by molar-refractivity contribution is 0.142. The van der Waals surface area contributed by atoms with Gasteiger partial charge in [-0.15, -0.1) is 12.8 Å². The maximum atomic E-state index is 14.6. The molecule has 0 fully saturated rings. The van der Waals surface area contributed by atoms with Crippen LogP contribution >= 0.6 is 0 Å². The summed E-state index contributed by atoms with van der Waals surface area (Å²) in [6.45, 7) is 11.0. The summed E-state index contributed by atoms with van der Waals surface area (Å²) in [5.74, 6) is 1.71. The van der Waals surface area contributed by atoms with Gasteiger partial charge in [-0.25, -0.2) is 4.39 Å². The Morgan fingerprint density at radius 2 is 1.51 bits per heavy atom. The van der Waals surface area contributed by atoms with Crippen LogP contribution in [0.1, 0.15) is 57.2 Å². The van der Waals surface area contributed by atoms with E-state index in [1.807, 2.05) is 43.4 Å². The summed E-state index contributed by atoms with van der Waals surface area (Å²) < 4.78 is 31.0. The lowest BCUT2D eigenvalue weighted by Gasteiger charge is -2.31. The number of benzene rings is 3. The predicted molar refractivity (Wildman–Crippen MR) is 175 cm³/mol. The number of nitrogens with zero attached hydrogens (tertiary/aromatic N) is 2. The molecule has 1 aliphatic rings. The highest BCUT2D eigenvalue weighted by Gasteiger charge is 2.17. The number of terminal acetylenes is 1. The molecule has 43 heavy (non-hydrogen) atoms. The van der Waals surface area contributed by atoms with E-state index < -0.39 is 0 Å². The van der Waals surface area contributed by atoms with E-state index in [9.17, 15) is 9.50 Å². The first-order valence-electron chi connectivity index (χ1n) is 14.8. The maximum Gasteiger partial charge on any atom is 0.165 e. The zero-order valence-electron chi connectivity index (χ0n) is 27.0. The molecule has 1 aliphatic carbocycles. The Morgan fingerprint density at radius 1 is 0.860 bits per heavy atom. The van der Waals surface area contributed by atoms with Crippen molar-refractivity contribution in [3.8, 4) is 35.8 Å². The van der Waals surface area contributed by atoms with Gasteiger partial charge in [0.1, 0.15) is 12.4 Å². The molecule has 0 heterocycles. The van der Waals surface area contributed by atoms with Crippen molar-refractivity contribution in [3.05, 3.63) is 77.1 Å². The molecule has 0 saturated carbocycles. The van der Waals surface area contributed by atoms with Crippen molar-refractivity contribution in [1.82, 2.24) is 4.90 Å².